The molecule has 0 bridgehead atoms. The number of aromatic carboxylic acids is 1. The molecule has 0 aliphatic heterocycles. The highest BCUT2D eigenvalue weighted by molar-refractivity contribution is 6.02. The molecule has 0 unspecified atom stereocenters. The first-order valence-corrected chi connectivity index (χ1v) is 6.79. The van der Waals surface area contributed by atoms with Crippen LogP contribution in [0.15, 0.2) is 24.3 Å². The standard InChI is InChI=1S/C15H17F2NO3/c1-18(12-5-3-2-4-11(12)14(20)21)13(19)10-6-8-15(16,17)9-7-10/h2-5,10H,6-9H2,1H3,(H,20,21). The van der Waals surface area contributed by atoms with Crippen LogP contribution in [0.25, 0.3) is 0 Å². The molecule has 0 saturated heterocycles. The highest BCUT2D eigenvalue weighted by atomic mass is 19.3. The van der Waals surface area contributed by atoms with Gasteiger partial charge in [0.05, 0.1) is 11.3 Å². The minimum atomic E-state index is -2.69. The lowest BCUT2D eigenvalue weighted by Crippen LogP contribution is -2.37. The predicted octanol–water partition coefficient (Wildman–Crippen LogP) is 3.17. The minimum absolute atomic E-state index is 0.0227. The van der Waals surface area contributed by atoms with Gasteiger partial charge in [-0.25, -0.2) is 13.6 Å². The molecule has 0 heterocycles. The maximum Gasteiger partial charge on any atom is 0.337 e. The summed E-state index contributed by atoms with van der Waals surface area (Å²) in [5.41, 5.74) is 0.307. The summed E-state index contributed by atoms with van der Waals surface area (Å²) < 4.78 is 26.3. The highest BCUT2D eigenvalue weighted by Gasteiger charge is 2.38. The number of carbonyl (C=O) groups is 2. The summed E-state index contributed by atoms with van der Waals surface area (Å²) in [6.07, 6.45) is -0.327. The summed E-state index contributed by atoms with van der Waals surface area (Å²) >= 11 is 0. The number of rotatable bonds is 3. The molecule has 1 fully saturated rings. The molecule has 1 aromatic rings. The van der Waals surface area contributed by atoms with Gasteiger partial charge < -0.3 is 10.0 Å². The number of hydrogen-bond acceptors (Lipinski definition) is 2. The van der Waals surface area contributed by atoms with E-state index in [-0.39, 0.29) is 42.8 Å². The van der Waals surface area contributed by atoms with E-state index >= 15 is 0 Å². The van der Waals surface area contributed by atoms with Gasteiger partial charge in [-0.1, -0.05) is 12.1 Å². The maximum atomic E-state index is 13.1. The van der Waals surface area contributed by atoms with Gasteiger partial charge in [0.2, 0.25) is 11.8 Å². The molecule has 4 nitrogen and oxygen atoms in total. The number of para-hydroxylation sites is 1. The average molecular weight is 297 g/mol. The summed E-state index contributed by atoms with van der Waals surface area (Å²) in [7, 11) is 1.48. The predicted molar refractivity (Wildman–Crippen MR) is 73.7 cm³/mol. The van der Waals surface area contributed by atoms with Crippen LogP contribution in [0, 0.1) is 5.92 Å². The first-order valence-electron chi connectivity index (χ1n) is 6.79. The van der Waals surface area contributed by atoms with E-state index in [4.69, 9.17) is 5.11 Å². The van der Waals surface area contributed by atoms with Crippen LogP contribution in [-0.2, 0) is 4.79 Å². The molecule has 0 spiro atoms. The number of carbonyl (C=O) groups excluding carboxylic acids is 1. The van der Waals surface area contributed by atoms with Crippen molar-refractivity contribution >= 4 is 17.6 Å². The monoisotopic (exact) mass is 297 g/mol. The van der Waals surface area contributed by atoms with Crippen molar-refractivity contribution in [3.8, 4) is 0 Å². The van der Waals surface area contributed by atoms with Gasteiger partial charge in [-0.2, -0.15) is 0 Å². The zero-order chi connectivity index (χ0) is 15.6. The van der Waals surface area contributed by atoms with Gasteiger partial charge in [0.15, 0.2) is 0 Å². The van der Waals surface area contributed by atoms with Crippen molar-refractivity contribution in [3.05, 3.63) is 29.8 Å². The lowest BCUT2D eigenvalue weighted by molar-refractivity contribution is -0.126. The fourth-order valence-corrected chi connectivity index (χ4v) is 2.63. The summed E-state index contributed by atoms with van der Waals surface area (Å²) in [6.45, 7) is 0. The minimum Gasteiger partial charge on any atom is -0.478 e. The Hall–Kier alpha value is -1.98. The van der Waals surface area contributed by atoms with E-state index in [0.717, 1.165) is 0 Å². The quantitative estimate of drug-likeness (QED) is 0.932. The van der Waals surface area contributed by atoms with Crippen LogP contribution in [0.4, 0.5) is 14.5 Å². The SMILES string of the molecule is CN(C(=O)C1CCC(F)(F)CC1)c1ccccc1C(=O)O. The number of carboxylic acid groups (broad SMARTS) is 1. The topological polar surface area (TPSA) is 57.6 Å². The van der Waals surface area contributed by atoms with E-state index in [0.29, 0.717) is 0 Å². The maximum absolute atomic E-state index is 13.1. The fraction of sp³-hybridized carbons (Fsp3) is 0.467. The Labute approximate surface area is 121 Å². The van der Waals surface area contributed by atoms with Crippen LogP contribution < -0.4 is 4.90 Å². The smallest absolute Gasteiger partial charge is 0.337 e. The second-order valence-electron chi connectivity index (χ2n) is 5.35. The van der Waals surface area contributed by atoms with Crippen LogP contribution in [0.3, 0.4) is 0 Å². The van der Waals surface area contributed by atoms with E-state index in [1.165, 1.54) is 18.0 Å². The second kappa shape index (κ2) is 5.79. The van der Waals surface area contributed by atoms with Crippen LogP contribution in [0.5, 0.6) is 0 Å². The summed E-state index contributed by atoms with van der Waals surface area (Å²) in [5, 5.41) is 9.14. The largest absolute Gasteiger partial charge is 0.478 e. The Bertz CT molecular complexity index is 550. The zero-order valence-corrected chi connectivity index (χ0v) is 11.7. The van der Waals surface area contributed by atoms with Crippen LogP contribution in [0.2, 0.25) is 0 Å². The summed E-state index contributed by atoms with van der Waals surface area (Å²) in [4.78, 5) is 24.8. The van der Waals surface area contributed by atoms with Crippen LogP contribution in [0.1, 0.15) is 36.0 Å². The molecule has 1 aliphatic carbocycles. The molecule has 1 saturated carbocycles. The third kappa shape index (κ3) is 3.37. The van der Waals surface area contributed by atoms with Gasteiger partial charge >= 0.3 is 5.97 Å². The molecule has 21 heavy (non-hydrogen) atoms. The number of hydrogen-bond donors (Lipinski definition) is 1. The van der Waals surface area contributed by atoms with E-state index in [1.54, 1.807) is 18.2 Å². The number of benzene rings is 1. The van der Waals surface area contributed by atoms with Gasteiger partial charge in [-0.3, -0.25) is 4.79 Å². The third-order valence-corrected chi connectivity index (χ3v) is 3.89. The number of alkyl halides is 2. The molecule has 1 aliphatic rings. The molecule has 114 valence electrons. The molecule has 2 rings (SSSR count). The lowest BCUT2D eigenvalue weighted by atomic mass is 9.86. The Kier molecular flexibility index (Phi) is 4.25. The average Bonchev–Trinajstić information content (AvgIpc) is 2.45. The Morgan fingerprint density at radius 2 is 1.81 bits per heavy atom. The Balaban J connectivity index is 2.15. The van der Waals surface area contributed by atoms with Gasteiger partial charge in [-0.05, 0) is 25.0 Å². The van der Waals surface area contributed by atoms with E-state index in [9.17, 15) is 18.4 Å². The lowest BCUT2D eigenvalue weighted by Gasteiger charge is -2.30. The van der Waals surface area contributed by atoms with Crippen molar-refractivity contribution in [1.82, 2.24) is 0 Å². The molecular weight excluding hydrogens is 280 g/mol. The molecule has 1 amide bonds. The fourth-order valence-electron chi connectivity index (χ4n) is 2.63. The molecule has 0 aromatic heterocycles. The van der Waals surface area contributed by atoms with Crippen LogP contribution in [-0.4, -0.2) is 30.0 Å². The first kappa shape index (κ1) is 15.4. The Morgan fingerprint density at radius 1 is 1.24 bits per heavy atom. The first-order chi connectivity index (χ1) is 9.82. The van der Waals surface area contributed by atoms with E-state index in [2.05, 4.69) is 0 Å². The Morgan fingerprint density at radius 3 is 2.38 bits per heavy atom. The van der Waals surface area contributed by atoms with Gasteiger partial charge in [0, 0.05) is 25.8 Å². The van der Waals surface area contributed by atoms with E-state index in [1.807, 2.05) is 0 Å². The number of anilines is 1. The van der Waals surface area contributed by atoms with Gasteiger partial charge in [0.1, 0.15) is 0 Å². The molecule has 1 N–H and O–H groups in total. The van der Waals surface area contributed by atoms with Gasteiger partial charge in [0.25, 0.3) is 0 Å². The van der Waals surface area contributed by atoms with Gasteiger partial charge in [-0.15, -0.1) is 0 Å². The summed E-state index contributed by atoms with van der Waals surface area (Å²) in [6, 6.07) is 6.17. The normalized spacial score (nSPS) is 18.2. The van der Waals surface area contributed by atoms with Crippen molar-refractivity contribution in [2.75, 3.05) is 11.9 Å². The van der Waals surface area contributed by atoms with Crippen LogP contribution >= 0.6 is 0 Å². The molecule has 6 heteroatoms. The summed E-state index contributed by atoms with van der Waals surface area (Å²) in [5.74, 6) is -4.59. The van der Waals surface area contributed by atoms with Crippen molar-refractivity contribution in [2.24, 2.45) is 5.92 Å². The number of amides is 1. The molecule has 0 radical (unpaired) electrons. The van der Waals surface area contributed by atoms with Crippen molar-refractivity contribution in [3.63, 3.8) is 0 Å². The molecule has 1 aromatic carbocycles. The third-order valence-electron chi connectivity index (χ3n) is 3.89. The highest BCUT2D eigenvalue weighted by Crippen LogP contribution is 2.37. The second-order valence-corrected chi connectivity index (χ2v) is 5.35. The van der Waals surface area contributed by atoms with Crippen molar-refractivity contribution in [2.45, 2.75) is 31.6 Å². The van der Waals surface area contributed by atoms with Crippen molar-refractivity contribution < 1.29 is 23.5 Å². The van der Waals surface area contributed by atoms with E-state index < -0.39 is 17.8 Å². The number of halogens is 2. The molecular formula is C15H17F2NO3. The zero-order valence-electron chi connectivity index (χ0n) is 11.7. The number of nitrogens with zero attached hydrogens (tertiary/aromatic N) is 1. The number of carboxylic acids is 1. The van der Waals surface area contributed by atoms with Crippen molar-refractivity contribution in [1.29, 1.82) is 0 Å². The molecule has 0 atom stereocenters.